The van der Waals surface area contributed by atoms with Crippen molar-refractivity contribution in [3.05, 3.63) is 79.4 Å². The molecule has 0 N–H and O–H groups in total. The van der Waals surface area contributed by atoms with Crippen LogP contribution in [0, 0.1) is 17.0 Å². The Hall–Kier alpha value is -3.76. The van der Waals surface area contributed by atoms with Crippen LogP contribution in [0.1, 0.15) is 16.9 Å². The highest BCUT2D eigenvalue weighted by molar-refractivity contribution is 8.18. The minimum atomic E-state index is -0.497. The van der Waals surface area contributed by atoms with Crippen LogP contribution in [-0.4, -0.2) is 27.8 Å². The van der Waals surface area contributed by atoms with Crippen LogP contribution < -0.4 is 9.47 Å². The smallest absolute Gasteiger partial charge is 0.293 e. The van der Waals surface area contributed by atoms with Gasteiger partial charge in [-0.25, -0.2) is 0 Å². The summed E-state index contributed by atoms with van der Waals surface area (Å²) in [4.78, 5) is 37.6. The molecule has 0 aliphatic carbocycles. The Morgan fingerprint density at radius 1 is 1.15 bits per heavy atom. The lowest BCUT2D eigenvalue weighted by molar-refractivity contribution is -0.384. The number of fused-ring (bicyclic) bond motifs is 1. The van der Waals surface area contributed by atoms with E-state index in [1.165, 1.54) is 12.1 Å². The summed E-state index contributed by atoms with van der Waals surface area (Å²) in [7, 11) is 0. The molecular weight excluding hydrogens is 484 g/mol. The number of rotatable bonds is 5. The number of furan rings is 1. The van der Waals surface area contributed by atoms with E-state index in [0.29, 0.717) is 27.6 Å². The van der Waals surface area contributed by atoms with Crippen molar-refractivity contribution in [2.24, 2.45) is 0 Å². The van der Waals surface area contributed by atoms with Gasteiger partial charge in [-0.15, -0.1) is 0 Å². The number of nitrogens with zero attached hydrogens (tertiary/aromatic N) is 2. The standard InChI is InChI=1S/C23H15ClN2O7S/c1-12-2-4-15(17(6-12)26(29)30)18-5-3-14(33-18)8-21-22(27)25(23(28)34-21)10-13-7-19-20(9-16(13)24)32-11-31-19/h2-9H,10-11H2,1H3. The van der Waals surface area contributed by atoms with Crippen LogP contribution >= 0.6 is 23.4 Å². The number of aryl methyl sites for hydroxylation is 1. The van der Waals surface area contributed by atoms with E-state index < -0.39 is 16.1 Å². The Morgan fingerprint density at radius 3 is 2.68 bits per heavy atom. The maximum atomic E-state index is 12.9. The summed E-state index contributed by atoms with van der Waals surface area (Å²) in [6, 6.07) is 11.2. The number of halogens is 1. The Balaban J connectivity index is 1.38. The number of imide groups is 1. The average molecular weight is 499 g/mol. The third-order valence-electron chi connectivity index (χ3n) is 5.26. The first kappa shape index (κ1) is 22.1. The van der Waals surface area contributed by atoms with Gasteiger partial charge in [0.15, 0.2) is 11.5 Å². The molecular formula is C23H15ClN2O7S. The Bertz CT molecular complexity index is 1400. The zero-order valence-corrected chi connectivity index (χ0v) is 19.1. The summed E-state index contributed by atoms with van der Waals surface area (Å²) in [5, 5.41) is 11.3. The van der Waals surface area contributed by atoms with Gasteiger partial charge in [0, 0.05) is 23.2 Å². The molecule has 2 aliphatic rings. The summed E-state index contributed by atoms with van der Waals surface area (Å²) in [5.74, 6) is 1.07. The monoisotopic (exact) mass is 498 g/mol. The molecule has 2 amide bonds. The number of ether oxygens (including phenoxy) is 2. The first-order valence-corrected chi connectivity index (χ1v) is 11.2. The number of hydrogen-bond donors (Lipinski definition) is 0. The van der Waals surface area contributed by atoms with Gasteiger partial charge in [-0.3, -0.25) is 24.6 Å². The van der Waals surface area contributed by atoms with Crippen molar-refractivity contribution in [2.45, 2.75) is 13.5 Å². The molecule has 1 fully saturated rings. The summed E-state index contributed by atoms with van der Waals surface area (Å²) in [6.45, 7) is 1.81. The van der Waals surface area contributed by atoms with Crippen molar-refractivity contribution < 1.29 is 28.4 Å². The number of thioether (sulfide) groups is 1. The summed E-state index contributed by atoms with van der Waals surface area (Å²) in [6.07, 6.45) is 1.44. The number of hydrogen-bond acceptors (Lipinski definition) is 8. The third kappa shape index (κ3) is 4.02. The summed E-state index contributed by atoms with van der Waals surface area (Å²) < 4.78 is 16.4. The maximum absolute atomic E-state index is 12.9. The van der Waals surface area contributed by atoms with E-state index in [0.717, 1.165) is 22.2 Å². The summed E-state index contributed by atoms with van der Waals surface area (Å²) in [5.41, 5.74) is 1.53. The van der Waals surface area contributed by atoms with E-state index in [4.69, 9.17) is 25.5 Å². The van der Waals surface area contributed by atoms with Crippen molar-refractivity contribution in [1.29, 1.82) is 0 Å². The minimum absolute atomic E-state index is 0.0313. The highest BCUT2D eigenvalue weighted by Crippen LogP contribution is 2.40. The molecule has 172 valence electrons. The zero-order valence-electron chi connectivity index (χ0n) is 17.6. The van der Waals surface area contributed by atoms with Crippen molar-refractivity contribution in [3.63, 3.8) is 0 Å². The molecule has 0 radical (unpaired) electrons. The van der Waals surface area contributed by atoms with Gasteiger partial charge in [0.05, 0.1) is 21.9 Å². The van der Waals surface area contributed by atoms with Gasteiger partial charge in [0.2, 0.25) is 6.79 Å². The van der Waals surface area contributed by atoms with Gasteiger partial charge in [0.25, 0.3) is 16.8 Å². The molecule has 0 atom stereocenters. The molecule has 3 aromatic rings. The molecule has 11 heteroatoms. The van der Waals surface area contributed by atoms with Gasteiger partial charge in [-0.2, -0.15) is 0 Å². The maximum Gasteiger partial charge on any atom is 0.293 e. The molecule has 1 aromatic heterocycles. The zero-order chi connectivity index (χ0) is 24.0. The Morgan fingerprint density at radius 2 is 1.91 bits per heavy atom. The Labute approximate surface area is 202 Å². The molecule has 0 saturated carbocycles. The molecule has 9 nitrogen and oxygen atoms in total. The van der Waals surface area contributed by atoms with E-state index in [-0.39, 0.29) is 35.5 Å². The lowest BCUT2D eigenvalue weighted by Gasteiger charge is -2.14. The van der Waals surface area contributed by atoms with E-state index in [1.807, 2.05) is 0 Å². The third-order valence-corrected chi connectivity index (χ3v) is 6.52. The van der Waals surface area contributed by atoms with Gasteiger partial charge < -0.3 is 13.9 Å². The number of carbonyl (C=O) groups excluding carboxylic acids is 2. The normalized spacial score (nSPS) is 16.1. The largest absolute Gasteiger partial charge is 0.456 e. The fraction of sp³-hybridized carbons (Fsp3) is 0.130. The van der Waals surface area contributed by atoms with E-state index >= 15 is 0 Å². The molecule has 0 spiro atoms. The van der Waals surface area contributed by atoms with Gasteiger partial charge in [-0.1, -0.05) is 17.7 Å². The topological polar surface area (TPSA) is 112 Å². The van der Waals surface area contributed by atoms with Crippen LogP contribution in [0.4, 0.5) is 10.5 Å². The molecule has 34 heavy (non-hydrogen) atoms. The van der Waals surface area contributed by atoms with Crippen LogP contribution in [0.25, 0.3) is 17.4 Å². The van der Waals surface area contributed by atoms with Crippen molar-refractivity contribution in [3.8, 4) is 22.8 Å². The minimum Gasteiger partial charge on any atom is -0.456 e. The average Bonchev–Trinajstić information content (AvgIpc) is 3.50. The van der Waals surface area contributed by atoms with Crippen molar-refractivity contribution >= 4 is 46.3 Å². The number of nitro groups is 1. The predicted molar refractivity (Wildman–Crippen MR) is 125 cm³/mol. The number of nitro benzene ring substituents is 1. The predicted octanol–water partition coefficient (Wildman–Crippen LogP) is 5.78. The van der Waals surface area contributed by atoms with Crippen molar-refractivity contribution in [2.75, 3.05) is 6.79 Å². The van der Waals surface area contributed by atoms with Gasteiger partial charge >= 0.3 is 0 Å². The quantitative estimate of drug-likeness (QED) is 0.247. The molecule has 0 unspecified atom stereocenters. The Kier molecular flexibility index (Phi) is 5.54. The molecule has 1 saturated heterocycles. The SMILES string of the molecule is Cc1ccc(-c2ccc(C=C3SC(=O)N(Cc4cc5c(cc4Cl)OCO5)C3=O)o2)c([N+](=O)[O-])c1. The first-order valence-electron chi connectivity index (χ1n) is 9.99. The van der Waals surface area contributed by atoms with Gasteiger partial charge in [-0.05, 0) is 54.1 Å². The fourth-order valence-electron chi connectivity index (χ4n) is 3.59. The van der Waals surface area contributed by atoms with Crippen LogP contribution in [0.2, 0.25) is 5.02 Å². The van der Waals surface area contributed by atoms with E-state index in [1.54, 1.807) is 43.3 Å². The lowest BCUT2D eigenvalue weighted by atomic mass is 10.1. The molecule has 0 bridgehead atoms. The van der Waals surface area contributed by atoms with E-state index in [9.17, 15) is 19.7 Å². The van der Waals surface area contributed by atoms with Crippen LogP contribution in [0.15, 0.2) is 51.8 Å². The fourth-order valence-corrected chi connectivity index (χ4v) is 4.62. The van der Waals surface area contributed by atoms with Crippen LogP contribution in [0.3, 0.4) is 0 Å². The molecule has 2 aromatic carbocycles. The van der Waals surface area contributed by atoms with Crippen molar-refractivity contribution in [1.82, 2.24) is 4.90 Å². The molecule has 5 rings (SSSR count). The second-order valence-corrected chi connectivity index (χ2v) is 8.94. The number of carbonyl (C=O) groups is 2. The second-order valence-electron chi connectivity index (χ2n) is 7.54. The highest BCUT2D eigenvalue weighted by atomic mass is 35.5. The number of amides is 2. The van der Waals surface area contributed by atoms with Crippen LogP contribution in [0.5, 0.6) is 11.5 Å². The highest BCUT2D eigenvalue weighted by Gasteiger charge is 2.36. The summed E-state index contributed by atoms with van der Waals surface area (Å²) >= 11 is 7.06. The number of benzene rings is 2. The van der Waals surface area contributed by atoms with E-state index in [2.05, 4.69) is 0 Å². The molecule has 3 heterocycles. The second kappa shape index (κ2) is 8.54. The first-order chi connectivity index (χ1) is 16.3. The van der Waals surface area contributed by atoms with Crippen LogP contribution in [-0.2, 0) is 11.3 Å². The lowest BCUT2D eigenvalue weighted by Crippen LogP contribution is -2.27. The van der Waals surface area contributed by atoms with Gasteiger partial charge in [0.1, 0.15) is 11.5 Å². The molecule has 2 aliphatic heterocycles.